The van der Waals surface area contributed by atoms with Crippen molar-refractivity contribution < 1.29 is 39.6 Å². The van der Waals surface area contributed by atoms with Crippen LogP contribution in [0.25, 0.3) is 10.9 Å². The molecule has 30 heavy (non-hydrogen) atoms. The number of rotatable bonds is 6. The Morgan fingerprint density at radius 3 is 2.33 bits per heavy atom. The number of methoxy groups -OCH3 is 1. The van der Waals surface area contributed by atoms with Crippen LogP contribution < -0.4 is 19.0 Å². The Balaban J connectivity index is 2.05. The molecule has 0 atom stereocenters. The van der Waals surface area contributed by atoms with Gasteiger partial charge in [0.1, 0.15) is 5.75 Å². The van der Waals surface area contributed by atoms with E-state index in [1.54, 1.807) is 13.1 Å². The van der Waals surface area contributed by atoms with Crippen LogP contribution in [0.4, 0.5) is 23.2 Å². The molecule has 7 nitrogen and oxygen atoms in total. The van der Waals surface area contributed by atoms with Gasteiger partial charge in [0.15, 0.2) is 23.1 Å². The summed E-state index contributed by atoms with van der Waals surface area (Å²) in [5, 5.41) is 3.00. The molecule has 0 bridgehead atoms. The molecule has 0 aliphatic carbocycles. The van der Waals surface area contributed by atoms with Crippen molar-refractivity contribution in [3.8, 4) is 23.0 Å². The SMILES string of the molecule is CNc1ccc(Oc2ccnc3cc(OS(=O)(=O)C(F)(F)F)c(OC)cc23)c(F)c1. The largest absolute Gasteiger partial charge is 0.534 e. The van der Waals surface area contributed by atoms with Crippen molar-refractivity contribution in [1.29, 1.82) is 0 Å². The Morgan fingerprint density at radius 2 is 1.73 bits per heavy atom. The first-order valence-corrected chi connectivity index (χ1v) is 9.59. The quantitative estimate of drug-likeness (QED) is 0.340. The monoisotopic (exact) mass is 446 g/mol. The fourth-order valence-corrected chi connectivity index (χ4v) is 2.93. The number of pyridine rings is 1. The molecule has 2 aromatic carbocycles. The first kappa shape index (κ1) is 21.4. The van der Waals surface area contributed by atoms with E-state index in [0.29, 0.717) is 5.69 Å². The second-order valence-corrected chi connectivity index (χ2v) is 7.35. The van der Waals surface area contributed by atoms with Crippen LogP contribution in [0, 0.1) is 5.82 Å². The zero-order chi connectivity index (χ0) is 22.1. The molecular weight excluding hydrogens is 432 g/mol. The van der Waals surface area contributed by atoms with Crippen molar-refractivity contribution in [3.05, 3.63) is 48.4 Å². The molecule has 160 valence electrons. The third kappa shape index (κ3) is 4.17. The third-order valence-corrected chi connectivity index (χ3v) is 4.88. The summed E-state index contributed by atoms with van der Waals surface area (Å²) in [5.41, 5.74) is -5.07. The first-order valence-electron chi connectivity index (χ1n) is 8.18. The number of hydrogen-bond acceptors (Lipinski definition) is 7. The summed E-state index contributed by atoms with van der Waals surface area (Å²) >= 11 is 0. The molecule has 0 unspecified atom stereocenters. The minimum Gasteiger partial charge on any atom is -0.493 e. The van der Waals surface area contributed by atoms with Crippen molar-refractivity contribution in [2.24, 2.45) is 0 Å². The van der Waals surface area contributed by atoms with Gasteiger partial charge in [0.05, 0.1) is 12.6 Å². The number of benzene rings is 2. The van der Waals surface area contributed by atoms with Gasteiger partial charge in [-0.05, 0) is 24.3 Å². The number of halogens is 4. The van der Waals surface area contributed by atoms with E-state index >= 15 is 0 Å². The van der Waals surface area contributed by atoms with Gasteiger partial charge >= 0.3 is 15.6 Å². The molecule has 12 heteroatoms. The van der Waals surface area contributed by atoms with E-state index in [4.69, 9.17) is 9.47 Å². The van der Waals surface area contributed by atoms with Crippen LogP contribution in [0.2, 0.25) is 0 Å². The second kappa shape index (κ2) is 7.86. The number of hydrogen-bond donors (Lipinski definition) is 1. The predicted molar refractivity (Wildman–Crippen MR) is 99.9 cm³/mol. The molecule has 0 fully saturated rings. The van der Waals surface area contributed by atoms with Crippen LogP contribution in [0.15, 0.2) is 42.6 Å². The summed E-state index contributed by atoms with van der Waals surface area (Å²) < 4.78 is 89.5. The highest BCUT2D eigenvalue weighted by molar-refractivity contribution is 7.88. The minimum absolute atomic E-state index is 0.0351. The summed E-state index contributed by atoms with van der Waals surface area (Å²) in [7, 11) is -3.18. The predicted octanol–water partition coefficient (Wildman–Crippen LogP) is 4.44. The van der Waals surface area contributed by atoms with Gasteiger partial charge in [-0.25, -0.2) is 4.39 Å². The van der Waals surface area contributed by atoms with Gasteiger partial charge in [0, 0.05) is 36.5 Å². The average Bonchev–Trinajstić information content (AvgIpc) is 2.68. The van der Waals surface area contributed by atoms with Crippen LogP contribution in [0.5, 0.6) is 23.0 Å². The number of ether oxygens (including phenoxy) is 2. The van der Waals surface area contributed by atoms with Gasteiger partial charge in [-0.3, -0.25) is 4.98 Å². The van der Waals surface area contributed by atoms with Crippen LogP contribution in [0.1, 0.15) is 0 Å². The summed E-state index contributed by atoms with van der Waals surface area (Å²) in [4.78, 5) is 3.97. The van der Waals surface area contributed by atoms with E-state index in [2.05, 4.69) is 14.5 Å². The van der Waals surface area contributed by atoms with Gasteiger partial charge in [-0.2, -0.15) is 21.6 Å². The van der Waals surface area contributed by atoms with Crippen molar-refractivity contribution in [3.63, 3.8) is 0 Å². The lowest BCUT2D eigenvalue weighted by atomic mass is 10.2. The fourth-order valence-electron chi connectivity index (χ4n) is 2.47. The molecule has 0 aliphatic heterocycles. The highest BCUT2D eigenvalue weighted by Crippen LogP contribution is 2.39. The number of anilines is 1. The van der Waals surface area contributed by atoms with Crippen LogP contribution in [-0.4, -0.2) is 33.1 Å². The average molecular weight is 446 g/mol. The van der Waals surface area contributed by atoms with E-state index in [-0.39, 0.29) is 28.2 Å². The first-order chi connectivity index (χ1) is 14.1. The van der Waals surface area contributed by atoms with Crippen molar-refractivity contribution in [2.75, 3.05) is 19.5 Å². The van der Waals surface area contributed by atoms with Crippen LogP contribution in [-0.2, 0) is 10.1 Å². The lowest BCUT2D eigenvalue weighted by Gasteiger charge is -2.15. The molecule has 0 saturated carbocycles. The Kier molecular flexibility index (Phi) is 5.61. The molecule has 0 radical (unpaired) electrons. The molecule has 1 N–H and O–H groups in total. The van der Waals surface area contributed by atoms with Gasteiger partial charge in [-0.1, -0.05) is 0 Å². The van der Waals surface area contributed by atoms with Crippen molar-refractivity contribution in [2.45, 2.75) is 5.51 Å². The minimum atomic E-state index is -5.92. The lowest BCUT2D eigenvalue weighted by molar-refractivity contribution is -0.0500. The molecule has 3 aromatic rings. The Labute approximate surface area is 168 Å². The molecule has 0 amide bonds. The van der Waals surface area contributed by atoms with E-state index in [9.17, 15) is 26.0 Å². The molecule has 3 rings (SSSR count). The highest BCUT2D eigenvalue weighted by Gasteiger charge is 2.49. The van der Waals surface area contributed by atoms with E-state index in [1.165, 1.54) is 30.5 Å². The maximum Gasteiger partial charge on any atom is 0.534 e. The molecule has 0 saturated heterocycles. The zero-order valence-corrected chi connectivity index (χ0v) is 16.3. The molecular formula is C18H14F4N2O5S. The van der Waals surface area contributed by atoms with Gasteiger partial charge < -0.3 is 19.0 Å². The number of fused-ring (bicyclic) bond motifs is 1. The number of aromatic nitrogens is 1. The zero-order valence-electron chi connectivity index (χ0n) is 15.5. The summed E-state index contributed by atoms with van der Waals surface area (Å²) in [6, 6.07) is 7.71. The van der Waals surface area contributed by atoms with Crippen LogP contribution >= 0.6 is 0 Å². The van der Waals surface area contributed by atoms with Crippen molar-refractivity contribution in [1.82, 2.24) is 4.98 Å². The van der Waals surface area contributed by atoms with E-state index in [0.717, 1.165) is 13.2 Å². The number of nitrogens with zero attached hydrogens (tertiary/aromatic N) is 1. The molecule has 1 heterocycles. The third-order valence-electron chi connectivity index (χ3n) is 3.91. The summed E-state index contributed by atoms with van der Waals surface area (Å²) in [6.07, 6.45) is 1.26. The van der Waals surface area contributed by atoms with Gasteiger partial charge in [-0.15, -0.1) is 0 Å². The van der Waals surface area contributed by atoms with Gasteiger partial charge in [0.25, 0.3) is 0 Å². The second-order valence-electron chi connectivity index (χ2n) is 5.81. The van der Waals surface area contributed by atoms with Crippen LogP contribution in [0.3, 0.4) is 0 Å². The summed E-state index contributed by atoms with van der Waals surface area (Å²) in [5.74, 6) is -1.69. The smallest absolute Gasteiger partial charge is 0.493 e. The fraction of sp³-hybridized carbons (Fsp3) is 0.167. The maximum atomic E-state index is 14.2. The Hall–Kier alpha value is -3.28. The van der Waals surface area contributed by atoms with Crippen molar-refractivity contribution >= 4 is 26.7 Å². The standard InChI is InChI=1S/C18H14F4N2O5S/c1-23-10-3-4-15(12(19)7-10)28-14-5-6-24-13-9-17(16(27-2)8-11(13)14)29-30(25,26)18(20,21)22/h3-9,23H,1-2H3. The Bertz CT molecular complexity index is 1200. The molecule has 1 aromatic heterocycles. The topological polar surface area (TPSA) is 86.8 Å². The van der Waals surface area contributed by atoms with E-state index in [1.807, 2.05) is 0 Å². The Morgan fingerprint density at radius 1 is 1.00 bits per heavy atom. The number of alkyl halides is 3. The normalized spacial score (nSPS) is 11.9. The van der Waals surface area contributed by atoms with Gasteiger partial charge in [0.2, 0.25) is 0 Å². The maximum absolute atomic E-state index is 14.2. The molecule has 0 aliphatic rings. The lowest BCUT2D eigenvalue weighted by Crippen LogP contribution is -2.28. The number of nitrogens with one attached hydrogen (secondary N) is 1. The summed E-state index contributed by atoms with van der Waals surface area (Å²) in [6.45, 7) is 0. The highest BCUT2D eigenvalue weighted by atomic mass is 32.2. The molecule has 0 spiro atoms. The van der Waals surface area contributed by atoms with E-state index < -0.39 is 27.2 Å².